The zero-order valence-corrected chi connectivity index (χ0v) is 11.9. The van der Waals surface area contributed by atoms with Crippen LogP contribution in [0.15, 0.2) is 0 Å². The summed E-state index contributed by atoms with van der Waals surface area (Å²) in [5, 5.41) is 9.75. The molecule has 2 aliphatic rings. The minimum atomic E-state index is -3.87. The van der Waals surface area contributed by atoms with Crippen LogP contribution in [0.3, 0.4) is 0 Å². The first-order valence-corrected chi connectivity index (χ1v) is 7.90. The van der Waals surface area contributed by atoms with Gasteiger partial charge in [-0.25, -0.2) is 9.52 Å². The van der Waals surface area contributed by atoms with Crippen molar-refractivity contribution in [2.24, 2.45) is 11.8 Å². The van der Waals surface area contributed by atoms with E-state index in [4.69, 9.17) is 4.74 Å². The molecule has 3 unspecified atom stereocenters. The van der Waals surface area contributed by atoms with E-state index in [1.54, 1.807) is 13.8 Å². The van der Waals surface area contributed by atoms with Crippen molar-refractivity contribution < 1.29 is 23.1 Å². The van der Waals surface area contributed by atoms with E-state index < -0.39 is 22.4 Å². The molecule has 1 heterocycles. The van der Waals surface area contributed by atoms with Crippen molar-refractivity contribution in [2.45, 2.75) is 38.9 Å². The minimum Gasteiger partial charge on any atom is -0.446 e. The smallest absolute Gasteiger partial charge is 0.422 e. The van der Waals surface area contributed by atoms with Gasteiger partial charge in [0, 0.05) is 19.0 Å². The van der Waals surface area contributed by atoms with Crippen molar-refractivity contribution in [1.29, 1.82) is 0 Å². The van der Waals surface area contributed by atoms with Crippen LogP contribution in [0.4, 0.5) is 4.79 Å². The van der Waals surface area contributed by atoms with E-state index in [1.165, 1.54) is 4.31 Å². The van der Waals surface area contributed by atoms with E-state index in [9.17, 15) is 18.3 Å². The summed E-state index contributed by atoms with van der Waals surface area (Å²) in [6.07, 6.45) is -0.226. The molecule has 0 aromatic carbocycles. The Morgan fingerprint density at radius 2 is 2.05 bits per heavy atom. The molecule has 0 aromatic heterocycles. The quantitative estimate of drug-likeness (QED) is 0.767. The Labute approximate surface area is 113 Å². The maximum Gasteiger partial charge on any atom is 0.422 e. The fourth-order valence-corrected chi connectivity index (χ4v) is 3.94. The highest BCUT2D eigenvalue weighted by Crippen LogP contribution is 2.38. The van der Waals surface area contributed by atoms with E-state index >= 15 is 0 Å². The largest absolute Gasteiger partial charge is 0.446 e. The van der Waals surface area contributed by atoms with Gasteiger partial charge in [0.1, 0.15) is 0 Å². The molecule has 1 saturated heterocycles. The van der Waals surface area contributed by atoms with Crippen molar-refractivity contribution in [2.75, 3.05) is 13.1 Å². The molecule has 8 heteroatoms. The Morgan fingerprint density at radius 1 is 1.37 bits per heavy atom. The van der Waals surface area contributed by atoms with Crippen LogP contribution >= 0.6 is 0 Å². The Balaban J connectivity index is 1.96. The Hall–Kier alpha value is -0.860. The van der Waals surface area contributed by atoms with Crippen LogP contribution < -0.4 is 4.72 Å². The van der Waals surface area contributed by atoms with Crippen molar-refractivity contribution in [3.05, 3.63) is 0 Å². The normalized spacial score (nSPS) is 31.5. The van der Waals surface area contributed by atoms with Crippen LogP contribution in [-0.2, 0) is 14.9 Å². The van der Waals surface area contributed by atoms with Gasteiger partial charge in [-0.1, -0.05) is 0 Å². The summed E-state index contributed by atoms with van der Waals surface area (Å²) in [5.41, 5.74) is 0. The maximum atomic E-state index is 12.0. The number of nitrogens with zero attached hydrogens (tertiary/aromatic N) is 1. The van der Waals surface area contributed by atoms with Crippen molar-refractivity contribution >= 4 is 16.3 Å². The molecule has 1 aliphatic carbocycles. The molecule has 0 aromatic rings. The molecule has 3 atom stereocenters. The number of ether oxygens (including phenoxy) is 1. The molecule has 110 valence electrons. The highest BCUT2D eigenvalue weighted by atomic mass is 32.2. The number of carbonyl (C=O) groups excluding carboxylic acids is 1. The van der Waals surface area contributed by atoms with Gasteiger partial charge in [-0.15, -0.1) is 0 Å². The minimum absolute atomic E-state index is 0.0160. The van der Waals surface area contributed by atoms with Crippen LogP contribution in [-0.4, -0.2) is 49.2 Å². The zero-order chi connectivity index (χ0) is 14.2. The lowest BCUT2D eigenvalue weighted by atomic mass is 10.00. The van der Waals surface area contributed by atoms with Crippen LogP contribution in [0.25, 0.3) is 0 Å². The topological polar surface area (TPSA) is 95.9 Å². The maximum absolute atomic E-state index is 12.0. The van der Waals surface area contributed by atoms with Gasteiger partial charge in [0.25, 0.3) is 0 Å². The molecular weight excluding hydrogens is 272 g/mol. The van der Waals surface area contributed by atoms with Crippen LogP contribution in [0.2, 0.25) is 0 Å². The predicted molar refractivity (Wildman–Crippen MR) is 67.5 cm³/mol. The number of aliphatic hydroxyl groups excluding tert-OH is 1. The van der Waals surface area contributed by atoms with Gasteiger partial charge in [-0.05, 0) is 32.6 Å². The highest BCUT2D eigenvalue weighted by Gasteiger charge is 2.45. The van der Waals surface area contributed by atoms with Crippen molar-refractivity contribution in [1.82, 2.24) is 9.03 Å². The Bertz CT molecular complexity index is 450. The number of rotatable bonds is 3. The SMILES string of the molecule is CC(C)OC(=O)NS(=O)(=O)N1CC2CCC(O)C2C1. The molecule has 2 rings (SSSR count). The van der Waals surface area contributed by atoms with Crippen LogP contribution in [0.5, 0.6) is 0 Å². The Kier molecular flexibility index (Phi) is 4.03. The molecule has 2 fully saturated rings. The van der Waals surface area contributed by atoms with Gasteiger partial charge in [0.15, 0.2) is 0 Å². The molecule has 1 aliphatic heterocycles. The summed E-state index contributed by atoms with van der Waals surface area (Å²) >= 11 is 0. The number of amides is 1. The zero-order valence-electron chi connectivity index (χ0n) is 11.1. The molecule has 0 bridgehead atoms. The van der Waals surface area contributed by atoms with Gasteiger partial charge in [0.05, 0.1) is 12.2 Å². The number of hydrogen-bond donors (Lipinski definition) is 2. The van der Waals surface area contributed by atoms with E-state index in [2.05, 4.69) is 0 Å². The summed E-state index contributed by atoms with van der Waals surface area (Å²) in [7, 11) is -3.87. The van der Waals surface area contributed by atoms with E-state index in [-0.39, 0.29) is 24.5 Å². The van der Waals surface area contributed by atoms with Crippen LogP contribution in [0, 0.1) is 11.8 Å². The first kappa shape index (κ1) is 14.5. The highest BCUT2D eigenvalue weighted by molar-refractivity contribution is 7.87. The molecule has 2 N–H and O–H groups in total. The molecular formula is C11H20N2O5S. The number of carbonyl (C=O) groups is 1. The van der Waals surface area contributed by atoms with Gasteiger partial charge in [0.2, 0.25) is 0 Å². The first-order chi connectivity index (χ1) is 8.79. The summed E-state index contributed by atoms with van der Waals surface area (Å²) < 4.78 is 31.8. The van der Waals surface area contributed by atoms with Gasteiger partial charge >= 0.3 is 16.3 Å². The second kappa shape index (κ2) is 5.26. The number of fused-ring (bicyclic) bond motifs is 1. The molecule has 0 spiro atoms. The van der Waals surface area contributed by atoms with E-state index in [1.807, 2.05) is 4.72 Å². The second-order valence-electron chi connectivity index (χ2n) is 5.45. The van der Waals surface area contributed by atoms with Crippen molar-refractivity contribution in [3.63, 3.8) is 0 Å². The summed E-state index contributed by atoms with van der Waals surface area (Å²) in [6, 6.07) is 0. The lowest BCUT2D eigenvalue weighted by Crippen LogP contribution is -2.43. The third-order valence-corrected chi connectivity index (χ3v) is 5.08. The Morgan fingerprint density at radius 3 is 2.63 bits per heavy atom. The number of nitrogens with one attached hydrogen (secondary N) is 1. The molecule has 7 nitrogen and oxygen atoms in total. The van der Waals surface area contributed by atoms with E-state index in [0.717, 1.165) is 12.8 Å². The molecule has 0 radical (unpaired) electrons. The van der Waals surface area contributed by atoms with Gasteiger partial charge in [-0.3, -0.25) is 0 Å². The number of aliphatic hydroxyl groups is 1. The third kappa shape index (κ3) is 3.18. The fraction of sp³-hybridized carbons (Fsp3) is 0.909. The lowest BCUT2D eigenvalue weighted by Gasteiger charge is -2.18. The average molecular weight is 292 g/mol. The van der Waals surface area contributed by atoms with E-state index in [0.29, 0.717) is 6.54 Å². The van der Waals surface area contributed by atoms with Gasteiger partial charge < -0.3 is 9.84 Å². The predicted octanol–water partition coefficient (Wildman–Crippen LogP) is 0.0685. The lowest BCUT2D eigenvalue weighted by molar-refractivity contribution is 0.120. The summed E-state index contributed by atoms with van der Waals surface area (Å²) in [5.74, 6) is 0.172. The first-order valence-electron chi connectivity index (χ1n) is 6.46. The van der Waals surface area contributed by atoms with Gasteiger partial charge in [-0.2, -0.15) is 12.7 Å². The monoisotopic (exact) mass is 292 g/mol. The standard InChI is InChI=1S/C11H20N2O5S/c1-7(2)18-11(15)12-19(16,17)13-5-8-3-4-10(14)9(8)6-13/h7-10,14H,3-6H2,1-2H3,(H,12,15). The molecule has 1 saturated carbocycles. The average Bonchev–Trinajstić information content (AvgIpc) is 2.79. The van der Waals surface area contributed by atoms with Crippen LogP contribution in [0.1, 0.15) is 26.7 Å². The summed E-state index contributed by atoms with van der Waals surface area (Å²) in [6.45, 7) is 3.90. The second-order valence-corrected chi connectivity index (χ2v) is 7.12. The molecule has 19 heavy (non-hydrogen) atoms. The third-order valence-electron chi connectivity index (χ3n) is 3.68. The summed E-state index contributed by atoms with van der Waals surface area (Å²) in [4.78, 5) is 11.3. The number of hydrogen-bond acceptors (Lipinski definition) is 5. The molecule has 1 amide bonds. The van der Waals surface area contributed by atoms with Crippen molar-refractivity contribution in [3.8, 4) is 0 Å². The fourth-order valence-electron chi connectivity index (χ4n) is 2.80.